The topological polar surface area (TPSA) is 39.1 Å². The lowest BCUT2D eigenvalue weighted by Crippen LogP contribution is -2.12. The highest BCUT2D eigenvalue weighted by Gasteiger charge is 2.22. The average molecular weight is 326 g/mol. The van der Waals surface area contributed by atoms with E-state index in [0.29, 0.717) is 5.52 Å². The summed E-state index contributed by atoms with van der Waals surface area (Å²) in [5.74, 6) is 0. The monoisotopic (exact) mass is 325 g/mol. The average Bonchev–Trinajstić information content (AvgIpc) is 2.86. The molecular weight excluding hydrogens is 317 g/mol. The van der Waals surface area contributed by atoms with Crippen molar-refractivity contribution in [2.24, 2.45) is 0 Å². The van der Waals surface area contributed by atoms with Crippen LogP contribution >= 0.6 is 23.2 Å². The van der Waals surface area contributed by atoms with Gasteiger partial charge in [0.25, 0.3) is 10.0 Å². The molecule has 3 rings (SSSR count). The maximum atomic E-state index is 12.7. The van der Waals surface area contributed by atoms with Crippen molar-refractivity contribution in [3.05, 3.63) is 64.8 Å². The van der Waals surface area contributed by atoms with Crippen molar-refractivity contribution in [3.63, 3.8) is 0 Å². The first-order valence-corrected chi connectivity index (χ1v) is 7.97. The molecule has 1 aromatic heterocycles. The van der Waals surface area contributed by atoms with Crippen LogP contribution in [0.5, 0.6) is 0 Å². The van der Waals surface area contributed by atoms with Crippen molar-refractivity contribution in [2.75, 3.05) is 0 Å². The van der Waals surface area contributed by atoms with Crippen LogP contribution in [0.3, 0.4) is 0 Å². The van der Waals surface area contributed by atoms with Crippen LogP contribution in [0.15, 0.2) is 59.6 Å². The Morgan fingerprint density at radius 3 is 2.45 bits per heavy atom. The minimum absolute atomic E-state index is 0.00646. The molecule has 0 aliphatic rings. The molecule has 2 aromatic carbocycles. The highest BCUT2D eigenvalue weighted by molar-refractivity contribution is 7.90. The fraction of sp³-hybridized carbons (Fsp3) is 0. The van der Waals surface area contributed by atoms with E-state index in [1.807, 2.05) is 12.1 Å². The number of halogens is 2. The predicted octanol–water partition coefficient (Wildman–Crippen LogP) is 4.19. The minimum atomic E-state index is -3.78. The van der Waals surface area contributed by atoms with Gasteiger partial charge in [-0.3, -0.25) is 0 Å². The van der Waals surface area contributed by atoms with Gasteiger partial charge < -0.3 is 0 Å². The fourth-order valence-electron chi connectivity index (χ4n) is 2.06. The van der Waals surface area contributed by atoms with Crippen LogP contribution in [-0.4, -0.2) is 12.4 Å². The Bertz CT molecular complexity index is 900. The molecular formula is C14H9Cl2NO2S. The van der Waals surface area contributed by atoms with Crippen LogP contribution < -0.4 is 0 Å². The number of benzene rings is 2. The highest BCUT2D eigenvalue weighted by Crippen LogP contribution is 2.31. The van der Waals surface area contributed by atoms with E-state index in [1.54, 1.807) is 30.3 Å². The Hall–Kier alpha value is -1.49. The molecule has 0 aliphatic carbocycles. The molecule has 0 bridgehead atoms. The second-order valence-electron chi connectivity index (χ2n) is 4.23. The summed E-state index contributed by atoms with van der Waals surface area (Å²) in [4.78, 5) is -0.00646. The first kappa shape index (κ1) is 13.5. The number of nitrogens with zero attached hydrogens (tertiary/aromatic N) is 1. The summed E-state index contributed by atoms with van der Waals surface area (Å²) in [7, 11) is -3.78. The maximum Gasteiger partial charge on any atom is 0.269 e. The van der Waals surface area contributed by atoms with Crippen LogP contribution in [-0.2, 0) is 10.0 Å². The van der Waals surface area contributed by atoms with E-state index in [0.717, 1.165) is 5.39 Å². The molecule has 1 heterocycles. The largest absolute Gasteiger partial charge is 0.269 e. The maximum absolute atomic E-state index is 12.7. The molecule has 102 valence electrons. The molecule has 0 spiro atoms. The molecule has 0 aliphatic heterocycles. The van der Waals surface area contributed by atoms with E-state index in [9.17, 15) is 8.42 Å². The van der Waals surface area contributed by atoms with Crippen LogP contribution in [0.1, 0.15) is 0 Å². The zero-order valence-corrected chi connectivity index (χ0v) is 12.5. The van der Waals surface area contributed by atoms with Crippen LogP contribution in [0.4, 0.5) is 0 Å². The highest BCUT2D eigenvalue weighted by atomic mass is 35.5. The van der Waals surface area contributed by atoms with E-state index in [2.05, 4.69) is 0 Å². The minimum Gasteiger partial charge on any atom is -0.241 e. The Morgan fingerprint density at radius 2 is 1.65 bits per heavy atom. The van der Waals surface area contributed by atoms with E-state index < -0.39 is 10.0 Å². The Kier molecular flexibility index (Phi) is 3.24. The zero-order valence-electron chi connectivity index (χ0n) is 10.1. The van der Waals surface area contributed by atoms with Crippen molar-refractivity contribution in [1.29, 1.82) is 0 Å². The van der Waals surface area contributed by atoms with Crippen molar-refractivity contribution >= 4 is 44.1 Å². The number of fused-ring (bicyclic) bond motifs is 1. The normalized spacial score (nSPS) is 11.9. The molecule has 0 fully saturated rings. The van der Waals surface area contributed by atoms with Crippen LogP contribution in [0, 0.1) is 0 Å². The summed E-state index contributed by atoms with van der Waals surface area (Å²) in [6.45, 7) is 0. The van der Waals surface area contributed by atoms with Gasteiger partial charge in [-0.05, 0) is 24.3 Å². The molecule has 0 saturated heterocycles. The van der Waals surface area contributed by atoms with Gasteiger partial charge in [0, 0.05) is 11.6 Å². The van der Waals surface area contributed by atoms with Gasteiger partial charge >= 0.3 is 0 Å². The third-order valence-corrected chi connectivity index (χ3v) is 5.68. The first-order chi connectivity index (χ1) is 9.51. The lowest BCUT2D eigenvalue weighted by Gasteiger charge is -2.09. The summed E-state index contributed by atoms with van der Waals surface area (Å²) in [6, 6.07) is 13.5. The van der Waals surface area contributed by atoms with Crippen molar-refractivity contribution in [3.8, 4) is 0 Å². The van der Waals surface area contributed by atoms with Gasteiger partial charge in [-0.2, -0.15) is 0 Å². The molecule has 0 radical (unpaired) electrons. The van der Waals surface area contributed by atoms with Crippen molar-refractivity contribution < 1.29 is 8.42 Å². The molecule has 0 unspecified atom stereocenters. The zero-order chi connectivity index (χ0) is 14.3. The summed E-state index contributed by atoms with van der Waals surface area (Å²) in [6.07, 6.45) is 1.51. The molecule has 6 heteroatoms. The summed E-state index contributed by atoms with van der Waals surface area (Å²) < 4.78 is 26.6. The van der Waals surface area contributed by atoms with E-state index in [4.69, 9.17) is 23.2 Å². The molecule has 3 aromatic rings. The second kappa shape index (κ2) is 4.81. The summed E-state index contributed by atoms with van der Waals surface area (Å²) >= 11 is 11.9. The molecule has 0 amide bonds. The van der Waals surface area contributed by atoms with Gasteiger partial charge in [-0.25, -0.2) is 12.4 Å². The Morgan fingerprint density at radius 1 is 0.900 bits per heavy atom. The van der Waals surface area contributed by atoms with Gasteiger partial charge in [-0.1, -0.05) is 47.5 Å². The number of para-hydroxylation sites is 1. The van der Waals surface area contributed by atoms with Gasteiger partial charge in [0.15, 0.2) is 0 Å². The van der Waals surface area contributed by atoms with E-state index in [1.165, 1.54) is 16.2 Å². The van der Waals surface area contributed by atoms with Gasteiger partial charge in [0.1, 0.15) is 4.90 Å². The lowest BCUT2D eigenvalue weighted by atomic mass is 10.3. The Balaban J connectivity index is 2.30. The first-order valence-electron chi connectivity index (χ1n) is 5.77. The summed E-state index contributed by atoms with van der Waals surface area (Å²) in [5.41, 5.74) is 0.601. The molecule has 20 heavy (non-hydrogen) atoms. The molecule has 0 N–H and O–H groups in total. The third kappa shape index (κ3) is 2.00. The molecule has 3 nitrogen and oxygen atoms in total. The van der Waals surface area contributed by atoms with Crippen LogP contribution in [0.2, 0.25) is 10.0 Å². The number of aromatic nitrogens is 1. The quantitative estimate of drug-likeness (QED) is 0.708. The standard InChI is InChI=1S/C14H9Cl2NO2S/c15-11-5-3-7-13(14(11)16)20(18,19)17-9-8-10-4-1-2-6-12(10)17/h1-9H. The number of hydrogen-bond acceptors (Lipinski definition) is 2. The van der Waals surface area contributed by atoms with Crippen molar-refractivity contribution in [1.82, 2.24) is 3.97 Å². The molecule has 0 saturated carbocycles. The van der Waals surface area contributed by atoms with Crippen molar-refractivity contribution in [2.45, 2.75) is 4.90 Å². The Labute approximate surface area is 126 Å². The third-order valence-electron chi connectivity index (χ3n) is 3.02. The second-order valence-corrected chi connectivity index (χ2v) is 6.80. The van der Waals surface area contributed by atoms with E-state index >= 15 is 0 Å². The number of hydrogen-bond donors (Lipinski definition) is 0. The van der Waals surface area contributed by atoms with Gasteiger partial charge in [0.05, 0.1) is 15.6 Å². The van der Waals surface area contributed by atoms with E-state index in [-0.39, 0.29) is 14.9 Å². The fourth-order valence-corrected chi connectivity index (χ4v) is 4.15. The van der Waals surface area contributed by atoms with Crippen LogP contribution in [0.25, 0.3) is 10.9 Å². The lowest BCUT2D eigenvalue weighted by molar-refractivity contribution is 0.589. The van der Waals surface area contributed by atoms with Gasteiger partial charge in [0.2, 0.25) is 0 Å². The van der Waals surface area contributed by atoms with Gasteiger partial charge in [-0.15, -0.1) is 0 Å². The number of rotatable bonds is 2. The smallest absolute Gasteiger partial charge is 0.241 e. The molecule has 0 atom stereocenters. The SMILES string of the molecule is O=S(=O)(c1cccc(Cl)c1Cl)n1ccc2ccccc21. The summed E-state index contributed by atoms with van der Waals surface area (Å²) in [5, 5.41) is 1.09. The predicted molar refractivity (Wildman–Crippen MR) is 81.0 cm³/mol.